The molecule has 1 amide bonds. The van der Waals surface area contributed by atoms with Crippen LogP contribution >= 0.6 is 0 Å². The van der Waals surface area contributed by atoms with E-state index < -0.39 is 0 Å². The van der Waals surface area contributed by atoms with Crippen LogP contribution in [0.5, 0.6) is 17.2 Å². The van der Waals surface area contributed by atoms with Crippen LogP contribution in [0.3, 0.4) is 0 Å². The predicted molar refractivity (Wildman–Crippen MR) is 103 cm³/mol. The number of amides is 1. The van der Waals surface area contributed by atoms with Crippen LogP contribution < -0.4 is 19.5 Å². The number of benzene rings is 3. The van der Waals surface area contributed by atoms with Gasteiger partial charge in [0.05, 0.1) is 26.4 Å². The van der Waals surface area contributed by atoms with Gasteiger partial charge < -0.3 is 19.5 Å². The van der Waals surface area contributed by atoms with E-state index in [4.69, 9.17) is 14.2 Å². The summed E-state index contributed by atoms with van der Waals surface area (Å²) >= 11 is 0. The molecule has 0 fully saturated rings. The van der Waals surface area contributed by atoms with Gasteiger partial charge in [0.15, 0.2) is 11.5 Å². The van der Waals surface area contributed by atoms with Crippen molar-refractivity contribution in [1.82, 2.24) is 0 Å². The maximum absolute atomic E-state index is 12.8. The minimum atomic E-state index is -0.251. The van der Waals surface area contributed by atoms with Crippen molar-refractivity contribution in [3.63, 3.8) is 0 Å². The van der Waals surface area contributed by atoms with Crippen molar-refractivity contribution in [1.29, 1.82) is 0 Å². The van der Waals surface area contributed by atoms with Gasteiger partial charge in [0.2, 0.25) is 0 Å². The summed E-state index contributed by atoms with van der Waals surface area (Å²) in [4.78, 5) is 12.8. The molecule has 3 aromatic rings. The summed E-state index contributed by atoms with van der Waals surface area (Å²) in [5.74, 6) is 1.48. The lowest BCUT2D eigenvalue weighted by Crippen LogP contribution is -2.13. The highest BCUT2D eigenvalue weighted by Gasteiger charge is 2.15. The Morgan fingerprint density at radius 2 is 1.58 bits per heavy atom. The number of carbonyl (C=O) groups excluding carboxylic acids is 1. The fourth-order valence-electron chi connectivity index (χ4n) is 2.78. The monoisotopic (exact) mass is 351 g/mol. The minimum absolute atomic E-state index is 0.251. The standard InChI is InChI=1S/C21H21NO4/c1-4-26-18-10-9-16(13-20(18)25-3)22-21(23)17-11-14-7-5-6-8-15(14)12-19(17)24-2/h5-13H,4H2,1-3H3,(H,22,23). The number of carbonyl (C=O) groups is 1. The van der Waals surface area contributed by atoms with Crippen LogP contribution in [0.15, 0.2) is 54.6 Å². The highest BCUT2D eigenvalue weighted by Crippen LogP contribution is 2.31. The van der Waals surface area contributed by atoms with Gasteiger partial charge in [-0.25, -0.2) is 0 Å². The van der Waals surface area contributed by atoms with E-state index in [1.165, 1.54) is 0 Å². The van der Waals surface area contributed by atoms with Gasteiger partial charge in [0.25, 0.3) is 5.91 Å². The second-order valence-electron chi connectivity index (χ2n) is 5.65. The SMILES string of the molecule is CCOc1ccc(NC(=O)c2cc3ccccc3cc2OC)cc1OC. The molecule has 0 unspecified atom stereocenters. The van der Waals surface area contributed by atoms with Gasteiger partial charge in [-0.1, -0.05) is 24.3 Å². The Kier molecular flexibility index (Phi) is 5.27. The van der Waals surface area contributed by atoms with Crippen LogP contribution in [0.2, 0.25) is 0 Å². The van der Waals surface area contributed by atoms with Crippen LogP contribution in [-0.4, -0.2) is 26.7 Å². The van der Waals surface area contributed by atoms with Gasteiger partial charge in [-0.3, -0.25) is 4.79 Å². The molecular weight excluding hydrogens is 330 g/mol. The maximum Gasteiger partial charge on any atom is 0.259 e. The summed E-state index contributed by atoms with van der Waals surface area (Å²) < 4.78 is 16.2. The number of hydrogen-bond donors (Lipinski definition) is 1. The lowest BCUT2D eigenvalue weighted by atomic mass is 10.1. The van der Waals surface area contributed by atoms with Crippen molar-refractivity contribution >= 4 is 22.4 Å². The van der Waals surface area contributed by atoms with Gasteiger partial charge >= 0.3 is 0 Å². The second-order valence-corrected chi connectivity index (χ2v) is 5.65. The van der Waals surface area contributed by atoms with Crippen molar-refractivity contribution in [2.45, 2.75) is 6.92 Å². The van der Waals surface area contributed by atoms with Crippen LogP contribution in [0.1, 0.15) is 17.3 Å². The molecule has 3 aromatic carbocycles. The quantitative estimate of drug-likeness (QED) is 0.710. The minimum Gasteiger partial charge on any atom is -0.496 e. The Hall–Kier alpha value is -3.21. The molecule has 0 aromatic heterocycles. The predicted octanol–water partition coefficient (Wildman–Crippen LogP) is 4.51. The van der Waals surface area contributed by atoms with Crippen molar-refractivity contribution in [2.24, 2.45) is 0 Å². The molecule has 0 aliphatic rings. The van der Waals surface area contributed by atoms with E-state index in [1.807, 2.05) is 43.3 Å². The number of methoxy groups -OCH3 is 2. The lowest BCUT2D eigenvalue weighted by Gasteiger charge is -2.13. The molecular formula is C21H21NO4. The normalized spacial score (nSPS) is 10.4. The van der Waals surface area contributed by atoms with E-state index in [2.05, 4.69) is 5.32 Å². The van der Waals surface area contributed by atoms with Crippen molar-refractivity contribution < 1.29 is 19.0 Å². The molecule has 5 nitrogen and oxygen atoms in total. The van der Waals surface area contributed by atoms with Gasteiger partial charge in [-0.2, -0.15) is 0 Å². The molecule has 1 N–H and O–H groups in total. The number of rotatable bonds is 6. The summed E-state index contributed by atoms with van der Waals surface area (Å²) in [5.41, 5.74) is 1.09. The Morgan fingerprint density at radius 3 is 2.23 bits per heavy atom. The van der Waals surface area contributed by atoms with E-state index in [0.717, 1.165) is 10.8 Å². The average molecular weight is 351 g/mol. The number of fused-ring (bicyclic) bond motifs is 1. The van der Waals surface area contributed by atoms with Crippen molar-refractivity contribution in [3.05, 3.63) is 60.2 Å². The first kappa shape index (κ1) is 17.6. The number of nitrogens with one attached hydrogen (secondary N) is 1. The van der Waals surface area contributed by atoms with E-state index in [1.54, 1.807) is 32.4 Å². The first-order valence-electron chi connectivity index (χ1n) is 8.35. The number of anilines is 1. The van der Waals surface area contributed by atoms with Gasteiger partial charge in [-0.15, -0.1) is 0 Å². The molecule has 0 radical (unpaired) electrons. The molecule has 134 valence electrons. The summed E-state index contributed by atoms with van der Waals surface area (Å²) in [6.07, 6.45) is 0. The van der Waals surface area contributed by atoms with Gasteiger partial charge in [0, 0.05) is 11.8 Å². The average Bonchev–Trinajstić information content (AvgIpc) is 2.68. The zero-order valence-corrected chi connectivity index (χ0v) is 15.0. The van der Waals surface area contributed by atoms with Gasteiger partial charge in [0.1, 0.15) is 5.75 Å². The summed E-state index contributed by atoms with van der Waals surface area (Å²) in [6.45, 7) is 2.44. The molecule has 0 spiro atoms. The molecule has 0 saturated heterocycles. The first-order chi connectivity index (χ1) is 12.7. The third-order valence-corrected chi connectivity index (χ3v) is 4.03. The number of hydrogen-bond acceptors (Lipinski definition) is 4. The van der Waals surface area contributed by atoms with Crippen molar-refractivity contribution in [3.8, 4) is 17.2 Å². The maximum atomic E-state index is 12.8. The molecule has 0 heterocycles. The summed E-state index contributed by atoms with van der Waals surface area (Å²) in [5, 5.41) is 4.88. The van der Waals surface area contributed by atoms with E-state index >= 15 is 0 Å². The third kappa shape index (κ3) is 3.57. The third-order valence-electron chi connectivity index (χ3n) is 4.03. The Morgan fingerprint density at radius 1 is 0.885 bits per heavy atom. The Balaban J connectivity index is 1.91. The van der Waals surface area contributed by atoms with Crippen LogP contribution in [0.4, 0.5) is 5.69 Å². The molecule has 0 bridgehead atoms. The smallest absolute Gasteiger partial charge is 0.259 e. The molecule has 0 aliphatic carbocycles. The van der Waals surface area contributed by atoms with E-state index in [9.17, 15) is 4.79 Å². The van der Waals surface area contributed by atoms with Crippen LogP contribution in [0, 0.1) is 0 Å². The fraction of sp³-hybridized carbons (Fsp3) is 0.190. The zero-order valence-electron chi connectivity index (χ0n) is 15.0. The molecule has 0 saturated carbocycles. The summed E-state index contributed by atoms with van der Waals surface area (Å²) in [6, 6.07) is 16.8. The Bertz CT molecular complexity index is 936. The number of ether oxygens (including phenoxy) is 3. The van der Waals surface area contributed by atoms with Crippen LogP contribution in [-0.2, 0) is 0 Å². The molecule has 3 rings (SSSR count). The van der Waals surface area contributed by atoms with Crippen LogP contribution in [0.25, 0.3) is 10.8 Å². The highest BCUT2D eigenvalue weighted by molar-refractivity contribution is 6.08. The van der Waals surface area contributed by atoms with E-state index in [0.29, 0.717) is 35.1 Å². The highest BCUT2D eigenvalue weighted by atomic mass is 16.5. The molecule has 0 atom stereocenters. The second kappa shape index (κ2) is 7.78. The van der Waals surface area contributed by atoms with Crippen molar-refractivity contribution in [2.75, 3.05) is 26.1 Å². The molecule has 5 heteroatoms. The summed E-state index contributed by atoms with van der Waals surface area (Å²) in [7, 11) is 3.12. The van der Waals surface area contributed by atoms with Gasteiger partial charge in [-0.05, 0) is 42.0 Å². The van der Waals surface area contributed by atoms with E-state index in [-0.39, 0.29) is 5.91 Å². The zero-order chi connectivity index (χ0) is 18.5. The fourth-order valence-corrected chi connectivity index (χ4v) is 2.78. The molecule has 26 heavy (non-hydrogen) atoms. The largest absolute Gasteiger partial charge is 0.496 e. The Labute approximate surface area is 152 Å². The lowest BCUT2D eigenvalue weighted by molar-refractivity contribution is 0.102. The topological polar surface area (TPSA) is 56.8 Å². The molecule has 0 aliphatic heterocycles. The first-order valence-corrected chi connectivity index (χ1v) is 8.35.